The van der Waals surface area contributed by atoms with Gasteiger partial charge >= 0.3 is 5.97 Å². The van der Waals surface area contributed by atoms with Crippen LogP contribution >= 0.6 is 38.6 Å². The third-order valence-electron chi connectivity index (χ3n) is 4.75. The topological polar surface area (TPSA) is 60.7 Å². The van der Waals surface area contributed by atoms with Gasteiger partial charge in [-0.15, -0.1) is 11.3 Å². The maximum absolute atomic E-state index is 13.4. The molecular weight excluding hydrogens is 496 g/mol. The number of allylic oxidation sites excluding steroid dienone is 1. The number of benzene rings is 1. The van der Waals surface area contributed by atoms with Crippen molar-refractivity contribution >= 4 is 50.6 Å². The van der Waals surface area contributed by atoms with Gasteiger partial charge < -0.3 is 4.74 Å². The van der Waals surface area contributed by atoms with Crippen LogP contribution in [-0.2, 0) is 9.53 Å². The second-order valence-electron chi connectivity index (χ2n) is 7.64. The van der Waals surface area contributed by atoms with Gasteiger partial charge in [-0.3, -0.25) is 9.36 Å². The molecule has 8 heteroatoms. The van der Waals surface area contributed by atoms with Crippen LogP contribution in [0.15, 0.2) is 67.3 Å². The van der Waals surface area contributed by atoms with Crippen molar-refractivity contribution in [2.75, 3.05) is 6.61 Å². The lowest BCUT2D eigenvalue weighted by Crippen LogP contribution is -2.39. The number of hydrogen-bond acceptors (Lipinski definition) is 6. The normalized spacial score (nSPS) is 16.4. The number of nitrogens with zero attached hydrogens (tertiary/aromatic N) is 2. The van der Waals surface area contributed by atoms with Gasteiger partial charge in [0, 0.05) is 9.35 Å². The third-order valence-corrected chi connectivity index (χ3v) is 7.15. The molecule has 3 heterocycles. The first-order valence-corrected chi connectivity index (χ1v) is 12.3. The average molecular weight is 517 g/mol. The van der Waals surface area contributed by atoms with E-state index in [1.807, 2.05) is 61.7 Å². The molecule has 0 saturated heterocycles. The molecule has 0 spiro atoms. The van der Waals surface area contributed by atoms with Crippen LogP contribution in [0.4, 0.5) is 0 Å². The smallest absolute Gasteiger partial charge is 0.338 e. The van der Waals surface area contributed by atoms with E-state index >= 15 is 0 Å². The minimum atomic E-state index is -0.541. The van der Waals surface area contributed by atoms with Crippen molar-refractivity contribution in [3.8, 4) is 0 Å². The molecule has 5 nitrogen and oxygen atoms in total. The number of thiazole rings is 1. The number of halogens is 1. The van der Waals surface area contributed by atoms with Crippen LogP contribution in [0.1, 0.15) is 37.3 Å². The van der Waals surface area contributed by atoms with E-state index in [1.165, 1.54) is 22.7 Å². The fraction of sp³-hybridized carbons (Fsp3) is 0.261. The first kappa shape index (κ1) is 21.9. The second-order valence-corrected chi connectivity index (χ2v) is 10.5. The van der Waals surface area contributed by atoms with Crippen molar-refractivity contribution in [3.63, 3.8) is 0 Å². The second kappa shape index (κ2) is 9.06. The zero-order chi connectivity index (χ0) is 22.1. The van der Waals surface area contributed by atoms with E-state index in [1.54, 1.807) is 11.5 Å². The Bertz CT molecular complexity index is 1330. The fourth-order valence-corrected chi connectivity index (χ4v) is 5.65. The minimum absolute atomic E-state index is 0.163. The van der Waals surface area contributed by atoms with Crippen LogP contribution < -0.4 is 14.9 Å². The molecule has 0 aliphatic carbocycles. The van der Waals surface area contributed by atoms with E-state index in [0.29, 0.717) is 27.2 Å². The first-order valence-electron chi connectivity index (χ1n) is 9.84. The number of hydrogen-bond donors (Lipinski definition) is 0. The number of carbonyl (C=O) groups excluding carboxylic acids is 1. The van der Waals surface area contributed by atoms with Crippen LogP contribution in [0.2, 0.25) is 0 Å². The maximum atomic E-state index is 13.4. The van der Waals surface area contributed by atoms with Crippen LogP contribution in [0, 0.1) is 5.92 Å². The lowest BCUT2D eigenvalue weighted by molar-refractivity contribution is -0.140. The minimum Gasteiger partial charge on any atom is -0.462 e. The van der Waals surface area contributed by atoms with Gasteiger partial charge in [0.05, 0.1) is 22.4 Å². The molecule has 1 aromatic carbocycles. The molecule has 1 aliphatic rings. The van der Waals surface area contributed by atoms with Crippen molar-refractivity contribution in [1.82, 2.24) is 4.57 Å². The molecule has 4 rings (SSSR count). The largest absolute Gasteiger partial charge is 0.462 e. The lowest BCUT2D eigenvalue weighted by Gasteiger charge is -2.23. The quantitative estimate of drug-likeness (QED) is 0.476. The highest BCUT2D eigenvalue weighted by Gasteiger charge is 2.34. The summed E-state index contributed by atoms with van der Waals surface area (Å²) in [5.74, 6) is -0.203. The van der Waals surface area contributed by atoms with E-state index < -0.39 is 12.0 Å². The Morgan fingerprint density at radius 1 is 1.32 bits per heavy atom. The Hall–Kier alpha value is -2.29. The van der Waals surface area contributed by atoms with Crippen molar-refractivity contribution in [2.24, 2.45) is 10.9 Å². The van der Waals surface area contributed by atoms with E-state index in [9.17, 15) is 9.59 Å². The maximum Gasteiger partial charge on any atom is 0.338 e. The molecule has 0 saturated carbocycles. The van der Waals surface area contributed by atoms with Crippen LogP contribution in [0.3, 0.4) is 0 Å². The van der Waals surface area contributed by atoms with Crippen LogP contribution in [-0.4, -0.2) is 17.1 Å². The number of esters is 1. The standard InChI is InChI=1S/C23H21BrN2O3S2/c1-13(2)12-29-22(28)19-14(3)25-23-26(20(19)17-8-5-9-30-17)21(27)18(31-23)11-15-6-4-7-16(24)10-15/h4-11,13,20H,12H2,1-3H3/b18-11-. The Kier molecular flexibility index (Phi) is 6.41. The summed E-state index contributed by atoms with van der Waals surface area (Å²) in [7, 11) is 0. The summed E-state index contributed by atoms with van der Waals surface area (Å²) in [5.41, 5.74) is 1.76. The highest BCUT2D eigenvalue weighted by molar-refractivity contribution is 9.10. The number of fused-ring (bicyclic) bond motifs is 1. The monoisotopic (exact) mass is 516 g/mol. The predicted molar refractivity (Wildman–Crippen MR) is 128 cm³/mol. The van der Waals surface area contributed by atoms with Gasteiger partial charge in [0.2, 0.25) is 0 Å². The Labute approximate surface area is 196 Å². The third kappa shape index (κ3) is 4.51. The van der Waals surface area contributed by atoms with Gasteiger partial charge in [-0.1, -0.05) is 59.3 Å². The van der Waals surface area contributed by atoms with E-state index in [4.69, 9.17) is 4.74 Å². The summed E-state index contributed by atoms with van der Waals surface area (Å²) < 4.78 is 8.67. The average Bonchev–Trinajstić information content (AvgIpc) is 3.34. The molecule has 0 fully saturated rings. The molecule has 0 radical (unpaired) electrons. The summed E-state index contributed by atoms with van der Waals surface area (Å²) in [6.07, 6.45) is 1.86. The van der Waals surface area contributed by atoms with Crippen molar-refractivity contribution < 1.29 is 9.53 Å². The summed E-state index contributed by atoms with van der Waals surface area (Å²) >= 11 is 6.31. The van der Waals surface area contributed by atoms with Crippen molar-refractivity contribution in [1.29, 1.82) is 0 Å². The van der Waals surface area contributed by atoms with Gasteiger partial charge in [0.25, 0.3) is 5.56 Å². The predicted octanol–water partition coefficient (Wildman–Crippen LogP) is 4.26. The molecule has 2 aromatic heterocycles. The molecule has 1 atom stereocenters. The molecule has 1 aliphatic heterocycles. The van der Waals surface area contributed by atoms with Gasteiger partial charge in [-0.2, -0.15) is 0 Å². The lowest BCUT2D eigenvalue weighted by atomic mass is 10.0. The summed E-state index contributed by atoms with van der Waals surface area (Å²) in [5, 5.41) is 1.94. The molecule has 1 unspecified atom stereocenters. The summed E-state index contributed by atoms with van der Waals surface area (Å²) in [6, 6.07) is 11.1. The molecule has 0 bridgehead atoms. The molecule has 3 aromatic rings. The van der Waals surface area contributed by atoms with E-state index in [2.05, 4.69) is 20.9 Å². The Balaban J connectivity index is 1.88. The zero-order valence-corrected chi connectivity index (χ0v) is 20.5. The van der Waals surface area contributed by atoms with Crippen molar-refractivity contribution in [2.45, 2.75) is 26.8 Å². The van der Waals surface area contributed by atoms with E-state index in [-0.39, 0.29) is 11.5 Å². The highest BCUT2D eigenvalue weighted by atomic mass is 79.9. The zero-order valence-electron chi connectivity index (χ0n) is 17.3. The molecule has 31 heavy (non-hydrogen) atoms. The summed E-state index contributed by atoms with van der Waals surface area (Å²) in [4.78, 5) is 32.6. The number of thiophene rings is 1. The Morgan fingerprint density at radius 2 is 2.13 bits per heavy atom. The SMILES string of the molecule is CC1=C(C(=O)OCC(C)C)C(c2cccs2)n2c(s/c(=C\c3cccc(Br)c3)c2=O)=N1. The highest BCUT2D eigenvalue weighted by Crippen LogP contribution is 2.33. The van der Waals surface area contributed by atoms with Gasteiger partial charge in [-0.05, 0) is 48.1 Å². The van der Waals surface area contributed by atoms with Crippen LogP contribution in [0.5, 0.6) is 0 Å². The van der Waals surface area contributed by atoms with Crippen LogP contribution in [0.25, 0.3) is 6.08 Å². The number of rotatable bonds is 5. The molecular formula is C23H21BrN2O3S2. The number of carbonyl (C=O) groups is 1. The van der Waals surface area contributed by atoms with E-state index in [0.717, 1.165) is 14.9 Å². The first-order chi connectivity index (χ1) is 14.8. The molecule has 160 valence electrons. The molecule has 0 amide bonds. The number of ether oxygens (including phenoxy) is 1. The fourth-order valence-electron chi connectivity index (χ4n) is 3.37. The molecule has 0 N–H and O–H groups in total. The van der Waals surface area contributed by atoms with Gasteiger partial charge in [0.1, 0.15) is 6.04 Å². The number of aromatic nitrogens is 1. The van der Waals surface area contributed by atoms with Crippen molar-refractivity contribution in [3.05, 3.63) is 87.6 Å². The van der Waals surface area contributed by atoms with Gasteiger partial charge in [-0.25, -0.2) is 9.79 Å². The summed E-state index contributed by atoms with van der Waals surface area (Å²) in [6.45, 7) is 6.10. The Morgan fingerprint density at radius 3 is 2.81 bits per heavy atom. The van der Waals surface area contributed by atoms with Gasteiger partial charge in [0.15, 0.2) is 4.80 Å².